The number of thioether (sulfide) groups is 1. The van der Waals surface area contributed by atoms with E-state index in [-0.39, 0.29) is 5.56 Å². The first-order valence-corrected chi connectivity index (χ1v) is 10.3. The number of carbonyl (C=O) groups excluding carboxylic acids is 2. The van der Waals surface area contributed by atoms with E-state index >= 15 is 0 Å². The predicted octanol–water partition coefficient (Wildman–Crippen LogP) is 4.21. The second-order valence-corrected chi connectivity index (χ2v) is 8.35. The van der Waals surface area contributed by atoms with Crippen molar-refractivity contribution in [3.63, 3.8) is 0 Å². The molecule has 0 saturated carbocycles. The van der Waals surface area contributed by atoms with Crippen molar-refractivity contribution in [2.75, 3.05) is 7.11 Å². The Balaban J connectivity index is 1.95. The number of pyridine rings is 1. The maximum Gasteiger partial charge on any atom is 0.290 e. The zero-order valence-electron chi connectivity index (χ0n) is 15.2. The SMILES string of the molecule is COc1cc(Cc2ccc(Br)cc2)c(C=C2SC(=O)NC2=O)c2ccc(=O)[nH]c12. The van der Waals surface area contributed by atoms with Gasteiger partial charge in [0.1, 0.15) is 5.75 Å². The number of hydrogen-bond donors (Lipinski definition) is 2. The highest BCUT2D eigenvalue weighted by Crippen LogP contribution is 2.35. The lowest BCUT2D eigenvalue weighted by Gasteiger charge is -2.14. The quantitative estimate of drug-likeness (QED) is 0.557. The van der Waals surface area contributed by atoms with E-state index < -0.39 is 11.1 Å². The number of aromatic amines is 1. The summed E-state index contributed by atoms with van der Waals surface area (Å²) in [7, 11) is 1.54. The molecule has 2 aromatic carbocycles. The van der Waals surface area contributed by atoms with Crippen molar-refractivity contribution in [3.8, 4) is 5.75 Å². The summed E-state index contributed by atoms with van der Waals surface area (Å²) in [5.41, 5.74) is 3.02. The van der Waals surface area contributed by atoms with Crippen LogP contribution in [-0.4, -0.2) is 23.2 Å². The van der Waals surface area contributed by atoms with Gasteiger partial charge in [-0.3, -0.25) is 19.7 Å². The van der Waals surface area contributed by atoms with Gasteiger partial charge in [-0.2, -0.15) is 0 Å². The molecule has 0 aliphatic carbocycles. The number of amides is 2. The Hall–Kier alpha value is -2.84. The molecule has 1 saturated heterocycles. The number of carbonyl (C=O) groups is 2. The zero-order valence-corrected chi connectivity index (χ0v) is 17.6. The lowest BCUT2D eigenvalue weighted by atomic mass is 9.95. The van der Waals surface area contributed by atoms with Crippen LogP contribution in [0.4, 0.5) is 4.79 Å². The maximum atomic E-state index is 12.1. The standard InChI is InChI=1S/C21H15BrN2O4S/c1-28-16-9-12(8-11-2-4-13(22)5-3-11)15(10-17-20(26)24-21(27)29-17)14-6-7-18(25)23-19(14)16/h2-7,9-10H,8H2,1H3,(H,23,25)(H,24,26,27). The molecular formula is C21H15BrN2O4S. The number of hydrogen-bond acceptors (Lipinski definition) is 5. The molecular weight excluding hydrogens is 456 g/mol. The third kappa shape index (κ3) is 3.99. The number of rotatable bonds is 4. The van der Waals surface area contributed by atoms with Gasteiger partial charge in [-0.15, -0.1) is 0 Å². The van der Waals surface area contributed by atoms with Crippen LogP contribution < -0.4 is 15.6 Å². The average Bonchev–Trinajstić information content (AvgIpc) is 3.02. The summed E-state index contributed by atoms with van der Waals surface area (Å²) in [6, 6.07) is 12.9. The third-order valence-electron chi connectivity index (χ3n) is 4.55. The van der Waals surface area contributed by atoms with Crippen LogP contribution in [0, 0.1) is 0 Å². The van der Waals surface area contributed by atoms with Gasteiger partial charge >= 0.3 is 0 Å². The predicted molar refractivity (Wildman–Crippen MR) is 117 cm³/mol. The number of ether oxygens (including phenoxy) is 1. The summed E-state index contributed by atoms with van der Waals surface area (Å²) in [6.45, 7) is 0. The van der Waals surface area contributed by atoms with Crippen LogP contribution in [0.5, 0.6) is 5.75 Å². The van der Waals surface area contributed by atoms with Crippen molar-refractivity contribution in [2.45, 2.75) is 6.42 Å². The average molecular weight is 471 g/mol. The van der Waals surface area contributed by atoms with E-state index in [9.17, 15) is 14.4 Å². The smallest absolute Gasteiger partial charge is 0.290 e. The Morgan fingerprint density at radius 1 is 1.10 bits per heavy atom. The number of imide groups is 1. The van der Waals surface area contributed by atoms with E-state index in [2.05, 4.69) is 26.2 Å². The summed E-state index contributed by atoms with van der Waals surface area (Å²) in [5.74, 6) is 0.106. The minimum Gasteiger partial charge on any atom is -0.495 e. The molecule has 1 aromatic heterocycles. The highest BCUT2D eigenvalue weighted by molar-refractivity contribution is 9.10. The molecule has 6 nitrogen and oxygen atoms in total. The third-order valence-corrected chi connectivity index (χ3v) is 5.89. The summed E-state index contributed by atoms with van der Waals surface area (Å²) < 4.78 is 6.49. The van der Waals surface area contributed by atoms with Gasteiger partial charge < -0.3 is 9.72 Å². The van der Waals surface area contributed by atoms with Crippen LogP contribution in [0.3, 0.4) is 0 Å². The van der Waals surface area contributed by atoms with Crippen LogP contribution in [0.15, 0.2) is 56.6 Å². The minimum absolute atomic E-state index is 0.252. The van der Waals surface area contributed by atoms with Gasteiger partial charge in [0, 0.05) is 15.9 Å². The highest BCUT2D eigenvalue weighted by Gasteiger charge is 2.26. The number of H-pyrrole nitrogens is 1. The van der Waals surface area contributed by atoms with E-state index in [1.807, 2.05) is 30.3 Å². The molecule has 8 heteroatoms. The number of halogens is 1. The van der Waals surface area contributed by atoms with Gasteiger partial charge in [-0.1, -0.05) is 28.1 Å². The monoisotopic (exact) mass is 470 g/mol. The highest BCUT2D eigenvalue weighted by atomic mass is 79.9. The fraction of sp³-hybridized carbons (Fsp3) is 0.0952. The van der Waals surface area contributed by atoms with Gasteiger partial charge in [-0.05, 0) is 65.2 Å². The largest absolute Gasteiger partial charge is 0.495 e. The summed E-state index contributed by atoms with van der Waals surface area (Å²) in [6.07, 6.45) is 2.28. The molecule has 0 bridgehead atoms. The van der Waals surface area contributed by atoms with Gasteiger partial charge in [-0.25, -0.2) is 0 Å². The van der Waals surface area contributed by atoms with Gasteiger partial charge in [0.2, 0.25) is 5.56 Å². The molecule has 2 N–H and O–H groups in total. The Morgan fingerprint density at radius 2 is 1.86 bits per heavy atom. The molecule has 0 radical (unpaired) electrons. The molecule has 146 valence electrons. The van der Waals surface area contributed by atoms with Crippen LogP contribution in [0.2, 0.25) is 0 Å². The molecule has 2 amide bonds. The summed E-state index contributed by atoms with van der Waals surface area (Å²) in [4.78, 5) is 38.7. The lowest BCUT2D eigenvalue weighted by Crippen LogP contribution is -2.17. The molecule has 29 heavy (non-hydrogen) atoms. The second-order valence-electron chi connectivity index (χ2n) is 6.42. The van der Waals surface area contributed by atoms with E-state index in [4.69, 9.17) is 4.74 Å². The van der Waals surface area contributed by atoms with Crippen molar-refractivity contribution < 1.29 is 14.3 Å². The molecule has 2 heterocycles. The van der Waals surface area contributed by atoms with Crippen LogP contribution in [0.25, 0.3) is 17.0 Å². The fourth-order valence-electron chi connectivity index (χ4n) is 3.23. The Labute approximate surface area is 178 Å². The number of benzene rings is 2. The molecule has 0 spiro atoms. The molecule has 1 aliphatic rings. The number of fused-ring (bicyclic) bond motifs is 1. The normalized spacial score (nSPS) is 15.2. The minimum atomic E-state index is -0.428. The van der Waals surface area contributed by atoms with E-state index in [1.54, 1.807) is 19.3 Å². The number of nitrogens with one attached hydrogen (secondary N) is 2. The molecule has 0 unspecified atom stereocenters. The van der Waals surface area contributed by atoms with Crippen LogP contribution in [0.1, 0.15) is 16.7 Å². The van der Waals surface area contributed by atoms with Crippen LogP contribution in [-0.2, 0) is 11.2 Å². The van der Waals surface area contributed by atoms with Crippen molar-refractivity contribution in [1.29, 1.82) is 0 Å². The van der Waals surface area contributed by atoms with Crippen LogP contribution >= 0.6 is 27.7 Å². The lowest BCUT2D eigenvalue weighted by molar-refractivity contribution is -0.115. The topological polar surface area (TPSA) is 88.3 Å². The van der Waals surface area contributed by atoms with Gasteiger partial charge in [0.05, 0.1) is 17.5 Å². The van der Waals surface area contributed by atoms with Gasteiger partial charge in [0.25, 0.3) is 11.1 Å². The summed E-state index contributed by atoms with van der Waals surface area (Å²) in [5, 5.41) is 2.60. The number of aromatic nitrogens is 1. The fourth-order valence-corrected chi connectivity index (χ4v) is 4.15. The molecule has 1 aliphatic heterocycles. The van der Waals surface area contributed by atoms with Crippen molar-refractivity contribution in [1.82, 2.24) is 10.3 Å². The maximum absolute atomic E-state index is 12.1. The van der Waals surface area contributed by atoms with Gasteiger partial charge in [0.15, 0.2) is 0 Å². The first-order valence-electron chi connectivity index (χ1n) is 8.67. The van der Waals surface area contributed by atoms with E-state index in [0.29, 0.717) is 22.6 Å². The zero-order chi connectivity index (χ0) is 20.5. The second kappa shape index (κ2) is 7.88. The van der Waals surface area contributed by atoms with E-state index in [0.717, 1.165) is 38.3 Å². The van der Waals surface area contributed by atoms with Crippen molar-refractivity contribution >= 4 is 55.8 Å². The molecule has 0 atom stereocenters. The Bertz CT molecular complexity index is 1230. The molecule has 3 aromatic rings. The molecule has 1 fully saturated rings. The van der Waals surface area contributed by atoms with Crippen molar-refractivity contribution in [2.24, 2.45) is 0 Å². The summed E-state index contributed by atoms with van der Waals surface area (Å²) >= 11 is 4.29. The molecule has 4 rings (SSSR count). The van der Waals surface area contributed by atoms with Crippen molar-refractivity contribution in [3.05, 3.63) is 78.9 Å². The number of methoxy groups -OCH3 is 1. The first-order chi connectivity index (χ1) is 13.9. The Kier molecular flexibility index (Phi) is 5.29. The first kappa shape index (κ1) is 19.5. The van der Waals surface area contributed by atoms with E-state index in [1.165, 1.54) is 6.07 Å². The Morgan fingerprint density at radius 3 is 2.52 bits per heavy atom.